The van der Waals surface area contributed by atoms with E-state index < -0.39 is 10.0 Å². The molecule has 0 saturated carbocycles. The van der Waals surface area contributed by atoms with Crippen molar-refractivity contribution < 1.29 is 17.9 Å². The van der Waals surface area contributed by atoms with E-state index in [0.717, 1.165) is 10.2 Å². The highest BCUT2D eigenvalue weighted by atomic mass is 32.2. The quantitative estimate of drug-likeness (QED) is 0.319. The fourth-order valence-corrected chi connectivity index (χ4v) is 6.17. The van der Waals surface area contributed by atoms with Crippen molar-refractivity contribution in [1.29, 1.82) is 0 Å². The Morgan fingerprint density at radius 1 is 1.11 bits per heavy atom. The summed E-state index contributed by atoms with van der Waals surface area (Å²) in [6.07, 6.45) is 3.52. The van der Waals surface area contributed by atoms with Gasteiger partial charge in [-0.05, 0) is 48.5 Å². The van der Waals surface area contributed by atoms with Gasteiger partial charge in [0.05, 0.1) is 28.8 Å². The first-order chi connectivity index (χ1) is 16.9. The largest absolute Gasteiger partial charge is 0.497 e. The molecule has 1 amide bonds. The van der Waals surface area contributed by atoms with E-state index in [2.05, 4.69) is 10.1 Å². The molecule has 4 aromatic rings. The number of anilines is 1. The molecule has 9 nitrogen and oxygen atoms in total. The molecular formula is C24H27N5O4S2. The minimum absolute atomic E-state index is 0.160. The second kappa shape index (κ2) is 10.5. The minimum Gasteiger partial charge on any atom is -0.497 e. The summed E-state index contributed by atoms with van der Waals surface area (Å²) >= 11 is 1.39. The van der Waals surface area contributed by atoms with Gasteiger partial charge >= 0.3 is 0 Å². The minimum atomic E-state index is -3.61. The van der Waals surface area contributed by atoms with Crippen molar-refractivity contribution in [1.82, 2.24) is 19.1 Å². The molecule has 2 heterocycles. The summed E-state index contributed by atoms with van der Waals surface area (Å²) in [5, 5.41) is 4.77. The van der Waals surface area contributed by atoms with Gasteiger partial charge in [0.25, 0.3) is 5.91 Å². The first-order valence-corrected chi connectivity index (χ1v) is 13.5. The number of rotatable bonds is 10. The lowest BCUT2D eigenvalue weighted by Crippen LogP contribution is -2.34. The van der Waals surface area contributed by atoms with Crippen LogP contribution >= 0.6 is 11.3 Å². The van der Waals surface area contributed by atoms with Gasteiger partial charge in [0.2, 0.25) is 10.0 Å². The molecule has 0 aliphatic rings. The van der Waals surface area contributed by atoms with E-state index in [9.17, 15) is 13.2 Å². The number of carbonyl (C=O) groups excluding carboxylic acids is 1. The number of ether oxygens (including phenoxy) is 1. The number of fused-ring (bicyclic) bond motifs is 1. The van der Waals surface area contributed by atoms with Crippen molar-refractivity contribution in [3.05, 3.63) is 66.5 Å². The predicted molar refractivity (Wildman–Crippen MR) is 137 cm³/mol. The molecule has 0 bridgehead atoms. The number of benzene rings is 2. The highest BCUT2D eigenvalue weighted by Gasteiger charge is 2.24. The van der Waals surface area contributed by atoms with Gasteiger partial charge < -0.3 is 4.74 Å². The van der Waals surface area contributed by atoms with Crippen LogP contribution in [0.15, 0.2) is 65.8 Å². The van der Waals surface area contributed by atoms with Gasteiger partial charge in [-0.3, -0.25) is 14.4 Å². The number of carbonyl (C=O) groups is 1. The lowest BCUT2D eigenvalue weighted by Gasteiger charge is -2.21. The van der Waals surface area contributed by atoms with Crippen LogP contribution < -0.4 is 9.64 Å². The van der Waals surface area contributed by atoms with E-state index in [-0.39, 0.29) is 10.8 Å². The Balaban J connectivity index is 1.66. The molecule has 35 heavy (non-hydrogen) atoms. The average molecular weight is 514 g/mol. The van der Waals surface area contributed by atoms with Crippen LogP contribution in [0.1, 0.15) is 24.2 Å². The summed E-state index contributed by atoms with van der Waals surface area (Å²) in [6, 6.07) is 13.5. The van der Waals surface area contributed by atoms with Gasteiger partial charge in [0.15, 0.2) is 5.13 Å². The molecule has 0 aliphatic heterocycles. The van der Waals surface area contributed by atoms with Crippen LogP contribution in [0.4, 0.5) is 5.13 Å². The van der Waals surface area contributed by atoms with Crippen molar-refractivity contribution in [3.8, 4) is 5.75 Å². The third kappa shape index (κ3) is 5.21. The fourth-order valence-electron chi connectivity index (χ4n) is 3.69. The second-order valence-corrected chi connectivity index (χ2v) is 10.6. The first-order valence-electron chi connectivity index (χ1n) is 11.2. The van der Waals surface area contributed by atoms with Crippen molar-refractivity contribution >= 4 is 42.6 Å². The summed E-state index contributed by atoms with van der Waals surface area (Å²) < 4.78 is 35.0. The van der Waals surface area contributed by atoms with Crippen LogP contribution in [0.3, 0.4) is 0 Å². The third-order valence-electron chi connectivity index (χ3n) is 5.62. The van der Waals surface area contributed by atoms with E-state index >= 15 is 0 Å². The number of hydrogen-bond acceptors (Lipinski definition) is 7. The summed E-state index contributed by atoms with van der Waals surface area (Å²) in [5.74, 6) is 0.446. The third-order valence-corrected chi connectivity index (χ3v) is 8.72. The number of hydrogen-bond donors (Lipinski definition) is 0. The summed E-state index contributed by atoms with van der Waals surface area (Å²) in [7, 11) is -2.00. The topological polar surface area (TPSA) is 97.6 Å². The zero-order chi connectivity index (χ0) is 25.0. The van der Waals surface area contributed by atoms with Crippen LogP contribution in [0.25, 0.3) is 10.2 Å². The first kappa shape index (κ1) is 24.8. The van der Waals surface area contributed by atoms with Gasteiger partial charge in [-0.2, -0.15) is 9.40 Å². The van der Waals surface area contributed by atoms with Gasteiger partial charge in [-0.25, -0.2) is 13.4 Å². The molecule has 0 aliphatic carbocycles. The summed E-state index contributed by atoms with van der Waals surface area (Å²) in [5.41, 5.74) is 1.14. The van der Waals surface area contributed by atoms with Gasteiger partial charge in [-0.1, -0.05) is 25.2 Å². The van der Waals surface area contributed by atoms with Crippen LogP contribution in [0.5, 0.6) is 5.75 Å². The number of amides is 1. The van der Waals surface area contributed by atoms with E-state index in [0.29, 0.717) is 42.6 Å². The van der Waals surface area contributed by atoms with Crippen LogP contribution in [0, 0.1) is 0 Å². The fraction of sp³-hybridized carbons (Fsp3) is 0.292. The maximum Gasteiger partial charge on any atom is 0.260 e. The molecule has 2 aromatic heterocycles. The van der Waals surface area contributed by atoms with Crippen molar-refractivity contribution in [2.24, 2.45) is 0 Å². The standard InChI is InChI=1S/C24H27N5O4S2/c1-4-28(5-2)35(31,32)20-10-7-18(8-11-20)23(30)29(16-15-27-14-6-13-25-27)24-26-21-12-9-19(33-3)17-22(21)34-24/h6-14,17H,4-5,15-16H2,1-3H3. The molecule has 0 N–H and O–H groups in total. The number of sulfonamides is 1. The maximum absolute atomic E-state index is 13.6. The SMILES string of the molecule is CCN(CC)S(=O)(=O)c1ccc(C(=O)N(CCn2cccn2)c2nc3ccc(OC)cc3s2)cc1. The zero-order valence-corrected chi connectivity index (χ0v) is 21.4. The van der Waals surface area contributed by atoms with E-state index in [4.69, 9.17) is 4.74 Å². The van der Waals surface area contributed by atoms with Gasteiger partial charge in [-0.15, -0.1) is 0 Å². The Kier molecular flexibility index (Phi) is 7.48. The average Bonchev–Trinajstić information content (AvgIpc) is 3.54. The van der Waals surface area contributed by atoms with Crippen molar-refractivity contribution in [2.75, 3.05) is 31.6 Å². The van der Waals surface area contributed by atoms with Crippen molar-refractivity contribution in [2.45, 2.75) is 25.3 Å². The van der Waals surface area contributed by atoms with Gasteiger partial charge in [0.1, 0.15) is 5.75 Å². The van der Waals surface area contributed by atoms with Crippen LogP contribution in [-0.2, 0) is 16.6 Å². The Hall–Kier alpha value is -3.28. The monoisotopic (exact) mass is 513 g/mol. The molecule has 0 fully saturated rings. The molecule has 0 saturated heterocycles. The second-order valence-electron chi connectivity index (χ2n) is 7.67. The van der Waals surface area contributed by atoms with E-state index in [1.807, 2.05) is 30.5 Å². The van der Waals surface area contributed by atoms with E-state index in [1.54, 1.807) is 48.9 Å². The number of nitrogens with zero attached hydrogens (tertiary/aromatic N) is 5. The smallest absolute Gasteiger partial charge is 0.260 e. The number of thiazole rings is 1. The molecule has 4 rings (SSSR count). The molecule has 0 spiro atoms. The lowest BCUT2D eigenvalue weighted by atomic mass is 10.2. The highest BCUT2D eigenvalue weighted by molar-refractivity contribution is 7.89. The Bertz CT molecular complexity index is 1400. The lowest BCUT2D eigenvalue weighted by molar-refractivity contribution is 0.0985. The molecule has 11 heteroatoms. The predicted octanol–water partition coefficient (Wildman–Crippen LogP) is 3.88. The Labute approximate surface area is 208 Å². The zero-order valence-electron chi connectivity index (χ0n) is 19.8. The molecule has 2 aromatic carbocycles. The summed E-state index contributed by atoms with van der Waals surface area (Å²) in [4.78, 5) is 20.0. The molecule has 0 atom stereocenters. The van der Waals surface area contributed by atoms with Crippen LogP contribution in [0.2, 0.25) is 0 Å². The molecule has 184 valence electrons. The Morgan fingerprint density at radius 2 is 1.86 bits per heavy atom. The van der Waals surface area contributed by atoms with E-state index in [1.165, 1.54) is 27.8 Å². The van der Waals surface area contributed by atoms with Crippen LogP contribution in [-0.4, -0.2) is 60.1 Å². The molecule has 0 radical (unpaired) electrons. The number of methoxy groups -OCH3 is 1. The number of aromatic nitrogens is 3. The molecular weight excluding hydrogens is 486 g/mol. The highest BCUT2D eigenvalue weighted by Crippen LogP contribution is 2.32. The Morgan fingerprint density at radius 3 is 2.49 bits per heavy atom. The normalized spacial score (nSPS) is 11.8. The summed E-state index contributed by atoms with van der Waals surface area (Å²) in [6.45, 7) is 5.17. The maximum atomic E-state index is 13.6. The van der Waals surface area contributed by atoms with Gasteiger partial charge in [0, 0.05) is 37.6 Å². The van der Waals surface area contributed by atoms with Crippen molar-refractivity contribution in [3.63, 3.8) is 0 Å². The molecule has 0 unspecified atom stereocenters.